The fraction of sp³-hybridized carbons (Fsp3) is 0.571. The van der Waals surface area contributed by atoms with E-state index in [-0.39, 0.29) is 24.5 Å². The Hall–Kier alpha value is -3.36. The van der Waals surface area contributed by atoms with Crippen molar-refractivity contribution in [3.05, 3.63) is 30.0 Å². The second kappa shape index (κ2) is 12.3. The maximum Gasteiger partial charge on any atom is 0.289 e. The van der Waals surface area contributed by atoms with Crippen molar-refractivity contribution >= 4 is 34.4 Å². The molecule has 2 saturated carbocycles. The molecule has 0 saturated heterocycles. The molecular weight excluding hydrogens is 472 g/mol. The number of Topliss-reactive ketones (excluding diaryl/α,β-unsaturated/α-hetero) is 1. The Morgan fingerprint density at radius 3 is 2.19 bits per heavy atom. The van der Waals surface area contributed by atoms with E-state index in [1.165, 1.54) is 19.9 Å². The van der Waals surface area contributed by atoms with E-state index in [4.69, 9.17) is 4.74 Å². The molecule has 0 aliphatic heterocycles. The van der Waals surface area contributed by atoms with Gasteiger partial charge in [-0.15, -0.1) is 0 Å². The summed E-state index contributed by atoms with van der Waals surface area (Å²) >= 11 is 0. The number of aromatic nitrogens is 1. The Balaban J connectivity index is 1.48. The third-order valence-electron chi connectivity index (χ3n) is 7.85. The van der Waals surface area contributed by atoms with Gasteiger partial charge in [-0.3, -0.25) is 19.2 Å². The fourth-order valence-corrected chi connectivity index (χ4v) is 5.93. The molecule has 9 nitrogen and oxygen atoms in total. The topological polar surface area (TPSA) is 121 Å². The lowest BCUT2D eigenvalue weighted by atomic mass is 9.88. The minimum Gasteiger partial charge on any atom is -0.497 e. The molecule has 3 N–H and O–H groups in total. The summed E-state index contributed by atoms with van der Waals surface area (Å²) in [6.07, 6.45) is 12.3. The lowest BCUT2D eigenvalue weighted by Gasteiger charge is -2.41. The molecule has 2 aliphatic rings. The number of nitrogens with zero attached hydrogens (tertiary/aromatic N) is 1. The molecule has 2 aromatic rings. The van der Waals surface area contributed by atoms with Crippen molar-refractivity contribution in [1.82, 2.24) is 20.5 Å². The number of nitrogens with one attached hydrogen (secondary N) is 3. The first-order valence-corrected chi connectivity index (χ1v) is 13.4. The first-order valence-electron chi connectivity index (χ1n) is 13.4. The Morgan fingerprint density at radius 1 is 1.00 bits per heavy atom. The number of likely N-dealkylation sites (N-methyl/N-ethyl adjacent to an activating group) is 1. The lowest BCUT2D eigenvalue weighted by Crippen LogP contribution is -2.52. The molecule has 4 rings (SSSR count). The van der Waals surface area contributed by atoms with E-state index in [2.05, 4.69) is 15.6 Å². The molecule has 3 amide bonds. The van der Waals surface area contributed by atoms with Crippen LogP contribution in [0, 0.1) is 0 Å². The van der Waals surface area contributed by atoms with Crippen LogP contribution in [-0.4, -0.2) is 66.2 Å². The highest BCUT2D eigenvalue weighted by atomic mass is 16.5. The van der Waals surface area contributed by atoms with Crippen LogP contribution in [0.25, 0.3) is 10.9 Å². The van der Waals surface area contributed by atoms with Gasteiger partial charge < -0.3 is 25.3 Å². The predicted octanol–water partition coefficient (Wildman–Crippen LogP) is 3.19. The van der Waals surface area contributed by atoms with Gasteiger partial charge in [0.15, 0.2) is 0 Å². The summed E-state index contributed by atoms with van der Waals surface area (Å²) in [5, 5.41) is 5.68. The third kappa shape index (κ3) is 5.97. The minimum absolute atomic E-state index is 0.143. The molecule has 37 heavy (non-hydrogen) atoms. The van der Waals surface area contributed by atoms with Crippen LogP contribution in [0.2, 0.25) is 0 Å². The van der Waals surface area contributed by atoms with Crippen LogP contribution in [-0.2, 0) is 19.2 Å². The number of carbonyl (C=O) groups excluding carboxylic acids is 4. The Kier molecular flexibility index (Phi) is 8.84. The summed E-state index contributed by atoms with van der Waals surface area (Å²) < 4.78 is 5.24. The van der Waals surface area contributed by atoms with Gasteiger partial charge in [-0.2, -0.15) is 0 Å². The number of fused-ring (bicyclic) bond motifs is 1. The number of aromatic amines is 1. The van der Waals surface area contributed by atoms with Crippen LogP contribution in [0.3, 0.4) is 0 Å². The van der Waals surface area contributed by atoms with Gasteiger partial charge in [-0.05, 0) is 43.4 Å². The SMILES string of the molecule is CNC(=O)[C@@H](C(=O)C(=O)NCC(=O)N(C1CCCCC1)C1CCCCC1)c1c[nH]c2cc(OC)ccc12. The van der Waals surface area contributed by atoms with Gasteiger partial charge in [0.25, 0.3) is 5.91 Å². The average Bonchev–Trinajstić information content (AvgIpc) is 3.35. The number of benzene rings is 1. The molecule has 1 atom stereocenters. The van der Waals surface area contributed by atoms with Gasteiger partial charge >= 0.3 is 0 Å². The van der Waals surface area contributed by atoms with Crippen molar-refractivity contribution in [2.75, 3.05) is 20.7 Å². The quantitative estimate of drug-likeness (QED) is 0.353. The minimum atomic E-state index is -1.34. The number of ketones is 1. The number of hydrogen-bond acceptors (Lipinski definition) is 5. The molecule has 2 aliphatic carbocycles. The molecule has 0 bridgehead atoms. The number of H-pyrrole nitrogens is 1. The highest BCUT2D eigenvalue weighted by Gasteiger charge is 2.36. The van der Waals surface area contributed by atoms with E-state index in [0.717, 1.165) is 51.4 Å². The van der Waals surface area contributed by atoms with E-state index < -0.39 is 23.5 Å². The largest absolute Gasteiger partial charge is 0.497 e. The van der Waals surface area contributed by atoms with E-state index in [1.54, 1.807) is 31.5 Å². The molecule has 9 heteroatoms. The first kappa shape index (κ1) is 26.7. The zero-order valence-corrected chi connectivity index (χ0v) is 21.8. The Morgan fingerprint density at radius 2 is 1.62 bits per heavy atom. The second-order valence-corrected chi connectivity index (χ2v) is 10.1. The van der Waals surface area contributed by atoms with Crippen LogP contribution in [0.15, 0.2) is 24.4 Å². The molecule has 200 valence electrons. The number of amides is 3. The van der Waals surface area contributed by atoms with Gasteiger partial charge in [0.1, 0.15) is 11.7 Å². The van der Waals surface area contributed by atoms with Crippen LogP contribution in [0.4, 0.5) is 0 Å². The highest BCUT2D eigenvalue weighted by molar-refractivity contribution is 6.42. The summed E-state index contributed by atoms with van der Waals surface area (Å²) in [4.78, 5) is 57.4. The second-order valence-electron chi connectivity index (χ2n) is 10.1. The van der Waals surface area contributed by atoms with Gasteiger partial charge in [-0.25, -0.2) is 0 Å². The molecule has 1 aromatic heterocycles. The number of methoxy groups -OCH3 is 1. The average molecular weight is 511 g/mol. The molecule has 1 aromatic carbocycles. The summed E-state index contributed by atoms with van der Waals surface area (Å²) in [6, 6.07) is 5.62. The number of carbonyl (C=O) groups is 4. The fourth-order valence-electron chi connectivity index (χ4n) is 5.93. The summed E-state index contributed by atoms with van der Waals surface area (Å²) in [5.41, 5.74) is 1.08. The normalized spacial score (nSPS) is 17.7. The maximum absolute atomic E-state index is 13.4. The Labute approximate surface area is 217 Å². The molecule has 0 radical (unpaired) electrons. The van der Waals surface area contributed by atoms with Crippen molar-refractivity contribution in [2.45, 2.75) is 82.2 Å². The Bertz CT molecular complexity index is 1110. The van der Waals surface area contributed by atoms with Crippen molar-refractivity contribution in [2.24, 2.45) is 0 Å². The van der Waals surface area contributed by atoms with Gasteiger partial charge in [0, 0.05) is 42.3 Å². The monoisotopic (exact) mass is 510 g/mol. The van der Waals surface area contributed by atoms with Gasteiger partial charge in [0.05, 0.1) is 13.7 Å². The predicted molar refractivity (Wildman–Crippen MR) is 140 cm³/mol. The van der Waals surface area contributed by atoms with E-state index in [0.29, 0.717) is 22.2 Å². The molecule has 1 heterocycles. The van der Waals surface area contributed by atoms with Crippen molar-refractivity contribution in [1.29, 1.82) is 0 Å². The summed E-state index contributed by atoms with van der Waals surface area (Å²) in [7, 11) is 2.98. The van der Waals surface area contributed by atoms with Crippen molar-refractivity contribution in [3.8, 4) is 5.75 Å². The zero-order valence-electron chi connectivity index (χ0n) is 21.8. The van der Waals surface area contributed by atoms with Crippen LogP contribution >= 0.6 is 0 Å². The first-order chi connectivity index (χ1) is 17.9. The molecular formula is C28H38N4O5. The maximum atomic E-state index is 13.4. The number of hydrogen-bond donors (Lipinski definition) is 3. The lowest BCUT2D eigenvalue weighted by molar-refractivity contribution is -0.143. The number of ether oxygens (including phenoxy) is 1. The van der Waals surface area contributed by atoms with Gasteiger partial charge in [-0.1, -0.05) is 38.5 Å². The molecule has 0 spiro atoms. The zero-order chi connectivity index (χ0) is 26.4. The van der Waals surface area contributed by atoms with E-state index >= 15 is 0 Å². The van der Waals surface area contributed by atoms with Crippen molar-refractivity contribution in [3.63, 3.8) is 0 Å². The standard InChI is InChI=1S/C28H38N4O5/c1-29-27(35)25(22-16-30-23-15-20(37-2)13-14-21(22)23)26(34)28(36)31-17-24(33)32(18-9-5-3-6-10-18)19-11-7-4-8-12-19/h13-16,18-19,25,30H,3-12,17H2,1-2H3,(H,29,35)(H,31,36)/t25-/m1/s1. The van der Waals surface area contributed by atoms with Gasteiger partial charge in [0.2, 0.25) is 17.6 Å². The van der Waals surface area contributed by atoms with Crippen LogP contribution in [0.5, 0.6) is 5.75 Å². The summed E-state index contributed by atoms with van der Waals surface area (Å²) in [5.74, 6) is -3.27. The van der Waals surface area contributed by atoms with Crippen molar-refractivity contribution < 1.29 is 23.9 Å². The molecule has 0 unspecified atom stereocenters. The number of rotatable bonds is 9. The van der Waals surface area contributed by atoms with E-state index in [1.807, 2.05) is 4.90 Å². The van der Waals surface area contributed by atoms with Crippen LogP contribution < -0.4 is 15.4 Å². The third-order valence-corrected chi connectivity index (χ3v) is 7.85. The van der Waals surface area contributed by atoms with Crippen LogP contribution in [0.1, 0.15) is 75.7 Å². The smallest absolute Gasteiger partial charge is 0.289 e. The van der Waals surface area contributed by atoms with E-state index in [9.17, 15) is 19.2 Å². The summed E-state index contributed by atoms with van der Waals surface area (Å²) in [6.45, 7) is -0.247. The molecule has 2 fully saturated rings. The highest BCUT2D eigenvalue weighted by Crippen LogP contribution is 2.31.